The van der Waals surface area contributed by atoms with Gasteiger partial charge in [-0.2, -0.15) is 0 Å². The third-order valence-electron chi connectivity index (χ3n) is 4.15. The van der Waals surface area contributed by atoms with Gasteiger partial charge in [0, 0.05) is 22.1 Å². The molecule has 132 valence electrons. The predicted molar refractivity (Wildman–Crippen MR) is 101 cm³/mol. The Bertz CT molecular complexity index is 804. The third-order valence-corrected chi connectivity index (χ3v) is 4.68. The van der Waals surface area contributed by atoms with Gasteiger partial charge >= 0.3 is 0 Å². The Morgan fingerprint density at radius 3 is 2.56 bits per heavy atom. The molecule has 2 heterocycles. The summed E-state index contributed by atoms with van der Waals surface area (Å²) in [6.45, 7) is 8.45. The van der Waals surface area contributed by atoms with Crippen LogP contribution < -0.4 is 0 Å². The molecular weight excluding hydrogens is 359 g/mol. The molecule has 25 heavy (non-hydrogen) atoms. The molecule has 5 nitrogen and oxygen atoms in total. The minimum absolute atomic E-state index is 0.0502. The van der Waals surface area contributed by atoms with Crippen molar-refractivity contribution in [3.63, 3.8) is 0 Å². The van der Waals surface area contributed by atoms with E-state index in [1.807, 2.05) is 23.3 Å². The average molecular weight is 379 g/mol. The van der Waals surface area contributed by atoms with Crippen molar-refractivity contribution in [2.24, 2.45) is 10.4 Å². The summed E-state index contributed by atoms with van der Waals surface area (Å²) in [6, 6.07) is 7.50. The van der Waals surface area contributed by atoms with Gasteiger partial charge in [-0.05, 0) is 18.6 Å². The van der Waals surface area contributed by atoms with Crippen molar-refractivity contribution < 1.29 is 4.84 Å². The second-order valence-electron chi connectivity index (χ2n) is 7.10. The summed E-state index contributed by atoms with van der Waals surface area (Å²) in [6.07, 6.45) is 2.86. The van der Waals surface area contributed by atoms with E-state index in [0.29, 0.717) is 10.2 Å². The van der Waals surface area contributed by atoms with Crippen molar-refractivity contribution in [2.75, 3.05) is 0 Å². The molecular formula is C18H20Cl2N4O. The Kier molecular flexibility index (Phi) is 5.00. The lowest BCUT2D eigenvalue weighted by molar-refractivity contribution is -0.137. The SMILES string of the molecule is CC(c1ccc(-c2cc(Cl)ncn2)cc1Cl)N1OC=N[C@H]1C(C)(C)C. The molecule has 1 aromatic heterocycles. The van der Waals surface area contributed by atoms with Crippen LogP contribution in [-0.4, -0.2) is 27.6 Å². The maximum atomic E-state index is 6.55. The van der Waals surface area contributed by atoms with Crippen molar-refractivity contribution in [3.8, 4) is 11.3 Å². The fourth-order valence-corrected chi connectivity index (χ4v) is 3.31. The Balaban J connectivity index is 1.88. The van der Waals surface area contributed by atoms with Gasteiger partial charge in [-0.1, -0.05) is 56.1 Å². The summed E-state index contributed by atoms with van der Waals surface area (Å²) in [5.74, 6) is 0. The molecule has 0 saturated carbocycles. The highest BCUT2D eigenvalue weighted by Gasteiger charge is 2.38. The van der Waals surface area contributed by atoms with Crippen LogP contribution in [0.5, 0.6) is 0 Å². The number of hydrogen-bond donors (Lipinski definition) is 0. The monoisotopic (exact) mass is 378 g/mol. The average Bonchev–Trinajstić information content (AvgIpc) is 3.04. The normalized spacial score (nSPS) is 19.0. The minimum Gasteiger partial charge on any atom is -0.391 e. The smallest absolute Gasteiger partial charge is 0.198 e. The standard InChI is InChI=1S/C18H20Cl2N4O/c1-11(24-17(18(2,3)4)23-10-25-24)13-6-5-12(7-14(13)19)15-8-16(20)22-9-21-15/h5-11,17H,1-4H3/t11?,17-/m1/s1. The Morgan fingerprint density at radius 1 is 1.16 bits per heavy atom. The van der Waals surface area contributed by atoms with Gasteiger partial charge < -0.3 is 4.84 Å². The number of nitrogens with zero attached hydrogens (tertiary/aromatic N) is 4. The van der Waals surface area contributed by atoms with Crippen LogP contribution in [0.2, 0.25) is 10.2 Å². The zero-order valence-corrected chi connectivity index (χ0v) is 16.1. The van der Waals surface area contributed by atoms with Crippen LogP contribution in [0, 0.1) is 5.41 Å². The fourth-order valence-electron chi connectivity index (χ4n) is 2.82. The lowest BCUT2D eigenvalue weighted by atomic mass is 9.91. The molecule has 1 aromatic carbocycles. The second-order valence-corrected chi connectivity index (χ2v) is 7.89. The molecule has 1 unspecified atom stereocenters. The topological polar surface area (TPSA) is 50.6 Å². The number of hydroxylamine groups is 2. The van der Waals surface area contributed by atoms with E-state index < -0.39 is 0 Å². The molecule has 2 aromatic rings. The number of halogens is 2. The van der Waals surface area contributed by atoms with Gasteiger partial charge in [0.2, 0.25) is 0 Å². The van der Waals surface area contributed by atoms with Crippen LogP contribution in [-0.2, 0) is 4.84 Å². The molecule has 0 saturated heterocycles. The molecule has 0 fully saturated rings. The molecule has 0 N–H and O–H groups in total. The molecule has 0 bridgehead atoms. The van der Waals surface area contributed by atoms with Gasteiger partial charge in [0.1, 0.15) is 17.6 Å². The summed E-state index contributed by atoms with van der Waals surface area (Å²) in [4.78, 5) is 18.2. The molecule has 7 heteroatoms. The fraction of sp³-hybridized carbons (Fsp3) is 0.389. The van der Waals surface area contributed by atoms with Gasteiger partial charge in [-0.15, -0.1) is 5.06 Å². The maximum Gasteiger partial charge on any atom is 0.198 e. The molecule has 0 aliphatic carbocycles. The Morgan fingerprint density at radius 2 is 1.92 bits per heavy atom. The third kappa shape index (κ3) is 3.78. The van der Waals surface area contributed by atoms with Crippen molar-refractivity contribution in [1.29, 1.82) is 0 Å². The number of rotatable bonds is 3. The van der Waals surface area contributed by atoms with Gasteiger partial charge in [-0.3, -0.25) is 0 Å². The second kappa shape index (κ2) is 6.90. The molecule has 3 rings (SSSR count). The van der Waals surface area contributed by atoms with E-state index in [1.165, 1.54) is 12.7 Å². The number of aliphatic imine (C=N–C) groups is 1. The highest BCUT2D eigenvalue weighted by Crippen LogP contribution is 2.37. The van der Waals surface area contributed by atoms with Gasteiger partial charge in [0.05, 0.1) is 11.7 Å². The van der Waals surface area contributed by atoms with Crippen LogP contribution in [0.3, 0.4) is 0 Å². The van der Waals surface area contributed by atoms with Gasteiger partial charge in [0.15, 0.2) is 6.40 Å². The summed E-state index contributed by atoms with van der Waals surface area (Å²) in [5.41, 5.74) is 2.53. The Hall–Kier alpha value is -1.69. The first-order valence-corrected chi connectivity index (χ1v) is 8.77. The van der Waals surface area contributed by atoms with Crippen molar-refractivity contribution in [2.45, 2.75) is 39.9 Å². The molecule has 1 aliphatic heterocycles. The highest BCUT2D eigenvalue weighted by atomic mass is 35.5. The van der Waals surface area contributed by atoms with Gasteiger partial charge in [-0.25, -0.2) is 15.0 Å². The van der Waals surface area contributed by atoms with E-state index in [0.717, 1.165) is 16.8 Å². The van der Waals surface area contributed by atoms with E-state index in [4.69, 9.17) is 28.0 Å². The van der Waals surface area contributed by atoms with Crippen LogP contribution >= 0.6 is 23.2 Å². The maximum absolute atomic E-state index is 6.55. The quantitative estimate of drug-likeness (QED) is 0.692. The zero-order valence-electron chi connectivity index (χ0n) is 14.6. The first-order valence-electron chi connectivity index (χ1n) is 8.01. The Labute approximate surface area is 157 Å². The van der Waals surface area contributed by atoms with Gasteiger partial charge in [0.25, 0.3) is 0 Å². The van der Waals surface area contributed by atoms with Crippen molar-refractivity contribution in [3.05, 3.63) is 46.3 Å². The van der Waals surface area contributed by atoms with Crippen LogP contribution in [0.25, 0.3) is 11.3 Å². The van der Waals surface area contributed by atoms with E-state index >= 15 is 0 Å². The zero-order chi connectivity index (χ0) is 18.2. The molecule has 0 amide bonds. The highest BCUT2D eigenvalue weighted by molar-refractivity contribution is 6.31. The molecule has 2 atom stereocenters. The summed E-state index contributed by atoms with van der Waals surface area (Å²) >= 11 is 12.5. The number of aromatic nitrogens is 2. The van der Waals surface area contributed by atoms with E-state index in [-0.39, 0.29) is 17.6 Å². The lowest BCUT2D eigenvalue weighted by Gasteiger charge is -2.34. The van der Waals surface area contributed by atoms with E-state index in [9.17, 15) is 0 Å². The number of benzene rings is 1. The van der Waals surface area contributed by atoms with Crippen molar-refractivity contribution in [1.82, 2.24) is 15.0 Å². The molecule has 0 spiro atoms. The number of hydrogen-bond acceptors (Lipinski definition) is 5. The van der Waals surface area contributed by atoms with E-state index in [2.05, 4.69) is 42.7 Å². The van der Waals surface area contributed by atoms with Crippen LogP contribution in [0.15, 0.2) is 35.6 Å². The minimum atomic E-state index is -0.0704. The lowest BCUT2D eigenvalue weighted by Crippen LogP contribution is -2.40. The first-order chi connectivity index (χ1) is 11.8. The molecule has 0 radical (unpaired) electrons. The summed E-state index contributed by atoms with van der Waals surface area (Å²) in [7, 11) is 0. The van der Waals surface area contributed by atoms with Crippen molar-refractivity contribution >= 4 is 29.6 Å². The first kappa shape index (κ1) is 18.1. The largest absolute Gasteiger partial charge is 0.391 e. The summed E-state index contributed by atoms with van der Waals surface area (Å²) < 4.78 is 0. The molecule has 1 aliphatic rings. The van der Waals surface area contributed by atoms with E-state index in [1.54, 1.807) is 6.07 Å². The van der Waals surface area contributed by atoms with Crippen LogP contribution in [0.4, 0.5) is 0 Å². The predicted octanol–water partition coefficient (Wildman–Crippen LogP) is 5.16. The van der Waals surface area contributed by atoms with Crippen LogP contribution in [0.1, 0.15) is 39.3 Å². The summed E-state index contributed by atoms with van der Waals surface area (Å²) in [5, 5.41) is 2.92.